The molecule has 3 heteroatoms. The molecule has 0 spiro atoms. The molecule has 0 aromatic carbocycles. The van der Waals surface area contributed by atoms with Crippen LogP contribution in [-0.4, -0.2) is 17.1 Å². The molecule has 0 aromatic rings. The van der Waals surface area contributed by atoms with E-state index in [2.05, 4.69) is 5.32 Å². The first-order valence-electron chi connectivity index (χ1n) is 4.99. The Balaban J connectivity index is 1.98. The Morgan fingerprint density at radius 2 is 2.00 bits per heavy atom. The first-order chi connectivity index (χ1) is 6.27. The molecule has 0 saturated heterocycles. The van der Waals surface area contributed by atoms with E-state index in [4.69, 9.17) is 5.11 Å². The molecule has 1 saturated carbocycles. The van der Waals surface area contributed by atoms with Gasteiger partial charge in [-0.2, -0.15) is 0 Å². The van der Waals surface area contributed by atoms with Crippen LogP contribution < -0.4 is 5.32 Å². The van der Waals surface area contributed by atoms with Crippen LogP contribution in [0.5, 0.6) is 0 Å². The number of carbonyl (C=O) groups is 1. The van der Waals surface area contributed by atoms with Gasteiger partial charge in [0, 0.05) is 0 Å². The fraction of sp³-hybridized carbons (Fsp3) is 0.700. The van der Waals surface area contributed by atoms with Crippen LogP contribution in [0.15, 0.2) is 11.8 Å². The second kappa shape index (κ2) is 3.40. The first-order valence-corrected chi connectivity index (χ1v) is 4.99. The van der Waals surface area contributed by atoms with Crippen LogP contribution in [-0.2, 0) is 4.79 Å². The Morgan fingerprint density at radius 3 is 2.54 bits per heavy atom. The van der Waals surface area contributed by atoms with E-state index in [1.807, 2.05) is 0 Å². The average molecular weight is 181 g/mol. The Kier molecular flexibility index (Phi) is 2.25. The van der Waals surface area contributed by atoms with Crippen LogP contribution in [0.4, 0.5) is 0 Å². The monoisotopic (exact) mass is 181 g/mol. The lowest BCUT2D eigenvalue weighted by molar-refractivity contribution is -0.119. The van der Waals surface area contributed by atoms with Crippen molar-refractivity contribution in [1.82, 2.24) is 5.32 Å². The molecule has 2 rings (SSSR count). The Bertz CT molecular complexity index is 241. The molecule has 13 heavy (non-hydrogen) atoms. The third-order valence-corrected chi connectivity index (χ3v) is 3.03. The van der Waals surface area contributed by atoms with Crippen LogP contribution >= 0.6 is 0 Å². The summed E-state index contributed by atoms with van der Waals surface area (Å²) in [5, 5.41) is 11.9. The number of carbonyl (C=O) groups excluding carboxylic acids is 1. The van der Waals surface area contributed by atoms with Gasteiger partial charge in [-0.05, 0) is 24.8 Å². The van der Waals surface area contributed by atoms with Gasteiger partial charge >= 0.3 is 0 Å². The summed E-state index contributed by atoms with van der Waals surface area (Å²) in [6.07, 6.45) is 7.84. The van der Waals surface area contributed by atoms with E-state index < -0.39 is 0 Å². The Labute approximate surface area is 77.8 Å². The van der Waals surface area contributed by atoms with E-state index >= 15 is 0 Å². The lowest BCUT2D eigenvalue weighted by Gasteiger charge is -2.25. The van der Waals surface area contributed by atoms with Gasteiger partial charge in [0.05, 0.1) is 6.04 Å². The lowest BCUT2D eigenvalue weighted by atomic mass is 9.84. The predicted octanol–water partition coefficient (Wildman–Crippen LogP) is 1.51. The van der Waals surface area contributed by atoms with Crippen molar-refractivity contribution < 1.29 is 9.90 Å². The number of aliphatic hydroxyl groups excluding tert-OH is 1. The molecule has 1 aliphatic heterocycles. The van der Waals surface area contributed by atoms with Gasteiger partial charge in [-0.25, -0.2) is 0 Å². The zero-order chi connectivity index (χ0) is 9.26. The average Bonchev–Trinajstić information content (AvgIpc) is 2.49. The minimum atomic E-state index is -0.310. The van der Waals surface area contributed by atoms with Gasteiger partial charge in [0.15, 0.2) is 5.76 Å². The van der Waals surface area contributed by atoms with E-state index in [-0.39, 0.29) is 17.7 Å². The normalized spacial score (nSPS) is 30.0. The second-order valence-corrected chi connectivity index (χ2v) is 3.95. The van der Waals surface area contributed by atoms with E-state index in [1.54, 1.807) is 6.08 Å². The molecule has 1 heterocycles. The highest BCUT2D eigenvalue weighted by Crippen LogP contribution is 2.28. The van der Waals surface area contributed by atoms with E-state index in [1.165, 1.54) is 32.1 Å². The van der Waals surface area contributed by atoms with Gasteiger partial charge in [0.25, 0.3) is 5.91 Å². The molecule has 3 nitrogen and oxygen atoms in total. The van der Waals surface area contributed by atoms with Crippen molar-refractivity contribution in [2.45, 2.75) is 38.1 Å². The fourth-order valence-corrected chi connectivity index (χ4v) is 2.26. The van der Waals surface area contributed by atoms with E-state index in [9.17, 15) is 4.79 Å². The third-order valence-electron chi connectivity index (χ3n) is 3.03. The Hall–Kier alpha value is -0.990. The SMILES string of the molecule is O=C1NC(C2CCCCC2)C=C1O. The highest BCUT2D eigenvalue weighted by atomic mass is 16.3. The summed E-state index contributed by atoms with van der Waals surface area (Å²) in [7, 11) is 0. The summed E-state index contributed by atoms with van der Waals surface area (Å²) in [5.41, 5.74) is 0. The molecule has 0 aromatic heterocycles. The van der Waals surface area contributed by atoms with Gasteiger partial charge in [0.2, 0.25) is 0 Å². The van der Waals surface area contributed by atoms with Gasteiger partial charge in [0.1, 0.15) is 0 Å². The number of nitrogens with one attached hydrogen (secondary N) is 1. The maximum absolute atomic E-state index is 11.0. The third kappa shape index (κ3) is 1.69. The summed E-state index contributed by atoms with van der Waals surface area (Å²) in [5.74, 6) is 0.133. The number of hydrogen-bond donors (Lipinski definition) is 2. The molecule has 1 amide bonds. The van der Waals surface area contributed by atoms with Gasteiger partial charge < -0.3 is 10.4 Å². The molecular weight excluding hydrogens is 166 g/mol. The summed E-state index contributed by atoms with van der Waals surface area (Å²) in [6.45, 7) is 0. The molecular formula is C10H15NO2. The molecule has 1 unspecified atom stereocenters. The van der Waals surface area contributed by atoms with Crippen molar-refractivity contribution in [3.63, 3.8) is 0 Å². The van der Waals surface area contributed by atoms with E-state index in [0.29, 0.717) is 5.92 Å². The zero-order valence-electron chi connectivity index (χ0n) is 7.62. The topological polar surface area (TPSA) is 49.3 Å². The lowest BCUT2D eigenvalue weighted by Crippen LogP contribution is -2.34. The number of rotatable bonds is 1. The maximum Gasteiger partial charge on any atom is 0.286 e. The van der Waals surface area contributed by atoms with Crippen LogP contribution in [0.1, 0.15) is 32.1 Å². The number of aliphatic hydroxyl groups is 1. The van der Waals surface area contributed by atoms with Crippen LogP contribution in [0.25, 0.3) is 0 Å². The van der Waals surface area contributed by atoms with Crippen molar-refractivity contribution in [1.29, 1.82) is 0 Å². The molecule has 1 aliphatic carbocycles. The molecule has 72 valence electrons. The van der Waals surface area contributed by atoms with Crippen molar-refractivity contribution in [3.8, 4) is 0 Å². The van der Waals surface area contributed by atoms with Crippen molar-refractivity contribution in [3.05, 3.63) is 11.8 Å². The summed E-state index contributed by atoms with van der Waals surface area (Å²) in [6, 6.07) is 0.0906. The summed E-state index contributed by atoms with van der Waals surface area (Å²) >= 11 is 0. The minimum Gasteiger partial charge on any atom is -0.503 e. The van der Waals surface area contributed by atoms with Crippen LogP contribution in [0.2, 0.25) is 0 Å². The van der Waals surface area contributed by atoms with Crippen LogP contribution in [0.3, 0.4) is 0 Å². The summed E-state index contributed by atoms with van der Waals surface area (Å²) < 4.78 is 0. The smallest absolute Gasteiger partial charge is 0.286 e. The highest BCUT2D eigenvalue weighted by molar-refractivity contribution is 5.93. The molecule has 0 radical (unpaired) electrons. The van der Waals surface area contributed by atoms with Gasteiger partial charge in [-0.15, -0.1) is 0 Å². The van der Waals surface area contributed by atoms with Crippen molar-refractivity contribution >= 4 is 5.91 Å². The van der Waals surface area contributed by atoms with Crippen molar-refractivity contribution in [2.75, 3.05) is 0 Å². The molecule has 1 atom stereocenters. The molecule has 0 bridgehead atoms. The van der Waals surface area contributed by atoms with Gasteiger partial charge in [-0.3, -0.25) is 4.79 Å². The zero-order valence-corrected chi connectivity index (χ0v) is 7.62. The van der Waals surface area contributed by atoms with Crippen molar-refractivity contribution in [2.24, 2.45) is 5.92 Å². The standard InChI is InChI=1S/C10H15NO2/c12-9-6-8(11-10(9)13)7-4-2-1-3-5-7/h6-8,12H,1-5H2,(H,11,13). The molecule has 2 aliphatic rings. The highest BCUT2D eigenvalue weighted by Gasteiger charge is 2.29. The van der Waals surface area contributed by atoms with Gasteiger partial charge in [-0.1, -0.05) is 19.3 Å². The van der Waals surface area contributed by atoms with E-state index in [0.717, 1.165) is 0 Å². The maximum atomic E-state index is 11.0. The largest absolute Gasteiger partial charge is 0.503 e. The molecule has 2 N–H and O–H groups in total. The van der Waals surface area contributed by atoms with Crippen LogP contribution in [0, 0.1) is 5.92 Å². The minimum absolute atomic E-state index is 0.0906. The quantitative estimate of drug-likeness (QED) is 0.644. The molecule has 1 fully saturated rings. The Morgan fingerprint density at radius 1 is 1.31 bits per heavy atom. The first kappa shape index (κ1) is 8.60. The predicted molar refractivity (Wildman–Crippen MR) is 49.2 cm³/mol. The number of amides is 1. The number of hydrogen-bond acceptors (Lipinski definition) is 2. The second-order valence-electron chi connectivity index (χ2n) is 3.95. The summed E-state index contributed by atoms with van der Waals surface area (Å²) in [4.78, 5) is 11.0. The fourth-order valence-electron chi connectivity index (χ4n) is 2.26.